The van der Waals surface area contributed by atoms with E-state index in [4.69, 9.17) is 9.47 Å². The molecule has 0 unspecified atom stereocenters. The number of amides is 5. The van der Waals surface area contributed by atoms with E-state index in [-0.39, 0.29) is 47.6 Å². The Bertz CT molecular complexity index is 1600. The molecule has 0 aromatic heterocycles. The third-order valence-corrected chi connectivity index (χ3v) is 6.00. The van der Waals surface area contributed by atoms with Gasteiger partial charge in [-0.15, -0.1) is 0 Å². The first kappa shape index (κ1) is 28.5. The molecule has 0 radical (unpaired) electrons. The Kier molecular flexibility index (Phi) is 8.42. The molecule has 0 atom stereocenters. The first-order valence-corrected chi connectivity index (χ1v) is 12.5. The zero-order valence-electron chi connectivity index (χ0n) is 22.4. The molecule has 1 fully saturated rings. The zero-order chi connectivity index (χ0) is 29.7. The molecule has 3 aromatic carbocycles. The number of nitro benzene ring substituents is 1. The van der Waals surface area contributed by atoms with Crippen LogP contribution in [0.3, 0.4) is 0 Å². The van der Waals surface area contributed by atoms with Gasteiger partial charge < -0.3 is 14.8 Å². The number of hydrogen-bond donors (Lipinski definition) is 2. The number of carbonyl (C=O) groups excluding carboxylic acids is 4. The van der Waals surface area contributed by atoms with Gasteiger partial charge in [0.1, 0.15) is 5.57 Å². The summed E-state index contributed by atoms with van der Waals surface area (Å²) in [6, 6.07) is 14.2. The van der Waals surface area contributed by atoms with Crippen LogP contribution in [0.15, 0.2) is 66.2 Å². The maximum atomic E-state index is 13.2. The number of rotatable bonds is 9. The normalized spacial score (nSPS) is 14.1. The van der Waals surface area contributed by atoms with Crippen molar-refractivity contribution in [3.63, 3.8) is 0 Å². The number of carbonyl (C=O) groups is 4. The van der Waals surface area contributed by atoms with E-state index in [1.54, 1.807) is 13.0 Å². The van der Waals surface area contributed by atoms with Crippen molar-refractivity contribution in [2.24, 2.45) is 0 Å². The number of nitrogens with zero attached hydrogens (tertiary/aromatic N) is 2. The molecule has 3 aromatic rings. The van der Waals surface area contributed by atoms with E-state index >= 15 is 0 Å². The molecule has 1 heterocycles. The first-order valence-electron chi connectivity index (χ1n) is 12.5. The summed E-state index contributed by atoms with van der Waals surface area (Å²) in [4.78, 5) is 61.9. The van der Waals surface area contributed by atoms with Crippen LogP contribution >= 0.6 is 0 Å². The fourth-order valence-electron chi connectivity index (χ4n) is 4.01. The summed E-state index contributed by atoms with van der Waals surface area (Å²) in [5, 5.41) is 16.0. The van der Waals surface area contributed by atoms with E-state index in [2.05, 4.69) is 10.6 Å². The molecule has 1 aliphatic rings. The van der Waals surface area contributed by atoms with Crippen LogP contribution in [0.25, 0.3) is 6.08 Å². The van der Waals surface area contributed by atoms with Crippen LogP contribution in [-0.4, -0.2) is 41.9 Å². The Morgan fingerprint density at radius 1 is 1.02 bits per heavy atom. The van der Waals surface area contributed by atoms with Crippen LogP contribution in [0.4, 0.5) is 21.9 Å². The smallest absolute Gasteiger partial charge is 0.335 e. The molecule has 0 spiro atoms. The van der Waals surface area contributed by atoms with Crippen LogP contribution in [0.5, 0.6) is 11.5 Å². The third kappa shape index (κ3) is 6.56. The predicted molar refractivity (Wildman–Crippen MR) is 150 cm³/mol. The quantitative estimate of drug-likeness (QED) is 0.170. The number of ether oxygens (including phenoxy) is 2. The molecule has 12 heteroatoms. The van der Waals surface area contributed by atoms with E-state index in [1.165, 1.54) is 36.4 Å². The summed E-state index contributed by atoms with van der Waals surface area (Å²) in [5.74, 6) is -1.74. The number of nitro groups is 1. The van der Waals surface area contributed by atoms with Gasteiger partial charge >= 0.3 is 6.03 Å². The molecular formula is C29H26N4O8. The average molecular weight is 559 g/mol. The fraction of sp³-hybridized carbons (Fsp3) is 0.172. The maximum absolute atomic E-state index is 13.2. The Balaban J connectivity index is 1.55. The second-order valence-corrected chi connectivity index (χ2v) is 9.03. The summed E-state index contributed by atoms with van der Waals surface area (Å²) < 4.78 is 11.3. The monoisotopic (exact) mass is 558 g/mol. The number of hydrogen-bond acceptors (Lipinski definition) is 8. The highest BCUT2D eigenvalue weighted by Crippen LogP contribution is 2.31. The Hall–Kier alpha value is -5.52. The Morgan fingerprint density at radius 2 is 1.80 bits per heavy atom. The molecule has 0 bridgehead atoms. The van der Waals surface area contributed by atoms with Crippen molar-refractivity contribution >= 4 is 46.9 Å². The van der Waals surface area contributed by atoms with Crippen molar-refractivity contribution in [2.45, 2.75) is 20.8 Å². The lowest BCUT2D eigenvalue weighted by molar-refractivity contribution is -0.384. The van der Waals surface area contributed by atoms with Crippen molar-refractivity contribution in [1.29, 1.82) is 0 Å². The van der Waals surface area contributed by atoms with Crippen LogP contribution in [0.1, 0.15) is 23.6 Å². The van der Waals surface area contributed by atoms with Gasteiger partial charge in [0.15, 0.2) is 18.1 Å². The van der Waals surface area contributed by atoms with Crippen LogP contribution in [0, 0.1) is 24.0 Å². The topological polar surface area (TPSA) is 157 Å². The lowest BCUT2D eigenvalue weighted by Crippen LogP contribution is -2.54. The highest BCUT2D eigenvalue weighted by atomic mass is 16.6. The molecule has 210 valence electrons. The lowest BCUT2D eigenvalue weighted by atomic mass is 10.1. The number of anilines is 2. The number of benzene rings is 3. The van der Waals surface area contributed by atoms with E-state index in [0.29, 0.717) is 16.2 Å². The van der Waals surface area contributed by atoms with Crippen molar-refractivity contribution in [2.75, 3.05) is 23.4 Å². The number of aryl methyl sites for hydroxylation is 2. The zero-order valence-corrected chi connectivity index (χ0v) is 22.4. The minimum atomic E-state index is -1.03. The molecule has 2 N–H and O–H groups in total. The second kappa shape index (κ2) is 12.1. The standard InChI is InChI=1S/C29H26N4O8/c1-4-40-25-14-19(10-11-24(25)41-16-26(34)30-23-12-17(2)8-9-18(23)3)13-22-27(35)31-29(37)32(28(22)36)20-6-5-7-21(15-20)33(38)39/h5-15H,4,16H2,1-3H3,(H,30,34)(H,31,35,37)/b22-13-. The van der Waals surface area contributed by atoms with E-state index in [1.807, 2.05) is 32.0 Å². The molecule has 5 amide bonds. The van der Waals surface area contributed by atoms with Gasteiger partial charge in [-0.1, -0.05) is 24.3 Å². The number of urea groups is 1. The summed E-state index contributed by atoms with van der Waals surface area (Å²) >= 11 is 0. The van der Waals surface area contributed by atoms with Gasteiger partial charge in [0.25, 0.3) is 23.4 Å². The van der Waals surface area contributed by atoms with Crippen LogP contribution < -0.4 is 25.0 Å². The average Bonchev–Trinajstić information content (AvgIpc) is 2.93. The van der Waals surface area contributed by atoms with Crippen molar-refractivity contribution in [3.05, 3.63) is 93.0 Å². The lowest BCUT2D eigenvalue weighted by Gasteiger charge is -2.26. The maximum Gasteiger partial charge on any atom is 0.335 e. The Morgan fingerprint density at radius 3 is 2.54 bits per heavy atom. The molecular weight excluding hydrogens is 532 g/mol. The summed E-state index contributed by atoms with van der Waals surface area (Å²) in [7, 11) is 0. The largest absolute Gasteiger partial charge is 0.490 e. The van der Waals surface area contributed by atoms with Crippen molar-refractivity contribution in [3.8, 4) is 11.5 Å². The molecule has 0 aliphatic carbocycles. The fourth-order valence-corrected chi connectivity index (χ4v) is 4.01. The molecule has 0 saturated carbocycles. The van der Waals surface area contributed by atoms with Gasteiger partial charge in [0.2, 0.25) is 0 Å². The predicted octanol–water partition coefficient (Wildman–Crippen LogP) is 4.29. The summed E-state index contributed by atoms with van der Waals surface area (Å²) in [5.41, 5.74) is 2.18. The third-order valence-electron chi connectivity index (χ3n) is 6.00. The molecule has 1 saturated heterocycles. The summed E-state index contributed by atoms with van der Waals surface area (Å²) in [6.07, 6.45) is 1.26. The molecule has 1 aliphatic heterocycles. The van der Waals surface area contributed by atoms with Gasteiger partial charge in [-0.25, -0.2) is 9.69 Å². The SMILES string of the molecule is CCOc1cc(/C=C2/C(=O)NC(=O)N(c3cccc([N+](=O)[O-])c3)C2=O)ccc1OCC(=O)Nc1cc(C)ccc1C. The van der Waals surface area contributed by atoms with Crippen molar-refractivity contribution in [1.82, 2.24) is 5.32 Å². The van der Waals surface area contributed by atoms with Crippen molar-refractivity contribution < 1.29 is 33.6 Å². The first-order chi connectivity index (χ1) is 19.6. The van der Waals surface area contributed by atoms with Crippen LogP contribution in [0.2, 0.25) is 0 Å². The highest BCUT2D eigenvalue weighted by molar-refractivity contribution is 6.39. The minimum absolute atomic E-state index is 0.0713. The van der Waals surface area contributed by atoms with E-state index in [0.717, 1.165) is 17.2 Å². The van der Waals surface area contributed by atoms with Gasteiger partial charge in [-0.05, 0) is 67.8 Å². The van der Waals surface area contributed by atoms with Crippen LogP contribution in [-0.2, 0) is 14.4 Å². The number of barbiturate groups is 1. The van der Waals surface area contributed by atoms with E-state index in [9.17, 15) is 29.3 Å². The minimum Gasteiger partial charge on any atom is -0.490 e. The number of imide groups is 2. The molecule has 12 nitrogen and oxygen atoms in total. The van der Waals surface area contributed by atoms with Gasteiger partial charge in [-0.3, -0.25) is 29.8 Å². The number of nitrogens with one attached hydrogen (secondary N) is 2. The van der Waals surface area contributed by atoms with Gasteiger partial charge in [0, 0.05) is 17.8 Å². The second-order valence-electron chi connectivity index (χ2n) is 9.03. The van der Waals surface area contributed by atoms with E-state index < -0.39 is 22.8 Å². The highest BCUT2D eigenvalue weighted by Gasteiger charge is 2.37. The number of non-ortho nitro benzene ring substituents is 1. The Labute approximate surface area is 234 Å². The van der Waals surface area contributed by atoms with Gasteiger partial charge in [-0.2, -0.15) is 0 Å². The molecule has 4 rings (SSSR count). The summed E-state index contributed by atoms with van der Waals surface area (Å²) in [6.45, 7) is 5.52. The molecule has 41 heavy (non-hydrogen) atoms. The van der Waals surface area contributed by atoms with Gasteiger partial charge in [0.05, 0.1) is 17.2 Å².